The highest BCUT2D eigenvalue weighted by molar-refractivity contribution is 6.23. The zero-order valence-electron chi connectivity index (χ0n) is 33.0. The first-order valence-corrected chi connectivity index (χ1v) is 18.6. The van der Waals surface area contributed by atoms with Gasteiger partial charge in [0, 0.05) is 46.4 Å². The van der Waals surface area contributed by atoms with Crippen LogP contribution in [0.5, 0.6) is 0 Å². The topological polar surface area (TPSA) is 177 Å². The molecule has 290 valence electrons. The maximum Gasteiger partial charge on any atom is 0.314 e. The highest BCUT2D eigenvalue weighted by Gasteiger charge is 2.33. The van der Waals surface area contributed by atoms with Crippen molar-refractivity contribution in [1.29, 1.82) is 1.43 Å². The van der Waals surface area contributed by atoms with Crippen LogP contribution < -0.4 is 5.32 Å². The van der Waals surface area contributed by atoms with E-state index in [4.69, 9.17) is 12.6 Å². The lowest BCUT2D eigenvalue weighted by Crippen LogP contribution is -2.44. The van der Waals surface area contributed by atoms with Crippen LogP contribution in [0.2, 0.25) is 0 Å². The average Bonchev–Trinajstić information content (AvgIpc) is 3.59. The molecule has 4 aromatic rings. The number of hydrogen-bond donors (Lipinski definition) is 3. The van der Waals surface area contributed by atoms with E-state index in [1.807, 2.05) is 4.90 Å². The largest absolute Gasteiger partial charge is 0.481 e. The summed E-state index contributed by atoms with van der Waals surface area (Å²) in [5.74, 6) is -2.26. The number of carbonyl (C=O) groups excluding carboxylic acids is 5. The van der Waals surface area contributed by atoms with Crippen molar-refractivity contribution in [3.8, 4) is 0 Å². The summed E-state index contributed by atoms with van der Waals surface area (Å²) in [6.45, 7) is 1.83. The number of ether oxygens (including phenoxy) is 2. The molecule has 0 unspecified atom stereocenters. The molecule has 0 saturated carbocycles. The third kappa shape index (κ3) is 12.0. The van der Waals surface area contributed by atoms with E-state index in [9.17, 15) is 28.8 Å². The molecular formula is C42H52N2O10. The Morgan fingerprint density at radius 2 is 1.52 bits per heavy atom. The molecule has 12 heteroatoms. The predicted octanol–water partition coefficient (Wildman–Crippen LogP) is 6.08. The standard InChI is InChI=1S/C37H44N2O6.C4H4O3.CH4O/c1-37(25-45-34(44)19-18-33(42)43)20-23-39(24-21-37)32(41)11-3-2-4-22-38-31(40)10-6-7-26-12-13-29-15-14-27-8-5-9-28-16-17-30(26)36(29)35(27)28;5-3-1-2-4(6)7-3;1-2/h5,8-9,12-17H,2-4,6-7,10-11,18-25H2,1H3,(H,38,40)(H,42,43);1-2H2;2H,1H3/i1D;;2T. The van der Waals surface area contributed by atoms with Crippen LogP contribution in [0.25, 0.3) is 32.3 Å². The number of piperidine rings is 1. The van der Waals surface area contributed by atoms with Gasteiger partial charge >= 0.3 is 23.9 Å². The average molecular weight is 748 g/mol. The van der Waals surface area contributed by atoms with Gasteiger partial charge in [0.05, 0.1) is 32.3 Å². The van der Waals surface area contributed by atoms with Gasteiger partial charge < -0.3 is 29.9 Å². The van der Waals surface area contributed by atoms with Crippen molar-refractivity contribution in [3.63, 3.8) is 0 Å². The molecule has 6 rings (SSSR count). The highest BCUT2D eigenvalue weighted by Crippen LogP contribution is 2.36. The van der Waals surface area contributed by atoms with Crippen LogP contribution in [0, 0.1) is 5.41 Å². The van der Waals surface area contributed by atoms with Gasteiger partial charge in [0.15, 0.2) is 0 Å². The molecule has 2 aliphatic rings. The summed E-state index contributed by atoms with van der Waals surface area (Å²) in [7, 11) is 1.29. The molecule has 0 radical (unpaired) electrons. The van der Waals surface area contributed by atoms with Crippen molar-refractivity contribution in [2.24, 2.45) is 5.41 Å². The fraction of sp³-hybridized carbons (Fsp3) is 0.476. The molecule has 2 aliphatic heterocycles. The molecule has 0 aliphatic carbocycles. The Balaban J connectivity index is 0.000000611. The minimum absolute atomic E-state index is 0.0625. The number of aliphatic hydroxyl groups is 1. The second-order valence-corrected chi connectivity index (χ2v) is 13.9. The zero-order chi connectivity index (χ0) is 40.5. The molecule has 0 atom stereocenters. The number of rotatable bonds is 15. The Morgan fingerprint density at radius 3 is 2.15 bits per heavy atom. The van der Waals surface area contributed by atoms with Crippen molar-refractivity contribution in [2.75, 3.05) is 33.4 Å². The second kappa shape index (κ2) is 20.4. The van der Waals surface area contributed by atoms with E-state index >= 15 is 0 Å². The molecule has 2 saturated heterocycles. The van der Waals surface area contributed by atoms with Crippen molar-refractivity contribution in [2.45, 2.75) is 90.4 Å². The van der Waals surface area contributed by atoms with Crippen molar-refractivity contribution >= 4 is 68.0 Å². The third-order valence-electron chi connectivity index (χ3n) is 9.88. The van der Waals surface area contributed by atoms with E-state index in [0.717, 1.165) is 32.1 Å². The number of benzene rings is 4. The lowest BCUT2D eigenvalue weighted by Gasteiger charge is -2.39. The molecule has 12 nitrogen and oxygen atoms in total. The van der Waals surface area contributed by atoms with Crippen LogP contribution >= 0.6 is 0 Å². The van der Waals surface area contributed by atoms with Gasteiger partial charge in [0.1, 0.15) is 0 Å². The van der Waals surface area contributed by atoms with Gasteiger partial charge in [0.2, 0.25) is 13.2 Å². The number of carboxylic acid groups (broad SMARTS) is 1. The summed E-state index contributed by atoms with van der Waals surface area (Å²) in [4.78, 5) is 69.5. The van der Waals surface area contributed by atoms with Crippen molar-refractivity contribution in [3.05, 3.63) is 60.2 Å². The fourth-order valence-electron chi connectivity index (χ4n) is 6.83. The summed E-state index contributed by atoms with van der Waals surface area (Å²) in [6.07, 6.45) is 6.23. The van der Waals surface area contributed by atoms with E-state index in [-0.39, 0.29) is 51.0 Å². The quantitative estimate of drug-likeness (QED) is 0.0559. The maximum atomic E-state index is 12.7. The Bertz CT molecular complexity index is 1930. The molecule has 0 aromatic heterocycles. The number of likely N-dealkylation sites (tertiary alicyclic amines) is 1. The van der Waals surface area contributed by atoms with Gasteiger partial charge in [-0.05, 0) is 76.4 Å². The lowest BCUT2D eigenvalue weighted by molar-refractivity contribution is -0.152. The number of aryl methyl sites for hydroxylation is 1. The number of nitrogens with zero attached hydrogens (tertiary/aromatic N) is 1. The minimum Gasteiger partial charge on any atom is -0.481 e. The van der Waals surface area contributed by atoms with Crippen LogP contribution in [0.3, 0.4) is 0 Å². The molecular weight excluding hydrogens is 692 g/mol. The van der Waals surface area contributed by atoms with Crippen LogP contribution in [-0.4, -0.2) is 85.6 Å². The molecule has 0 spiro atoms. The minimum atomic E-state index is -1.05. The predicted molar refractivity (Wildman–Crippen MR) is 205 cm³/mol. The van der Waals surface area contributed by atoms with Crippen LogP contribution in [0.4, 0.5) is 0 Å². The summed E-state index contributed by atoms with van der Waals surface area (Å²) in [5.41, 5.74) is 0.786. The molecule has 4 aromatic carbocycles. The highest BCUT2D eigenvalue weighted by atomic mass is 16.6. The fourth-order valence-corrected chi connectivity index (χ4v) is 6.83. The molecule has 2 heterocycles. The first-order valence-electron chi connectivity index (χ1n) is 19.7. The van der Waals surface area contributed by atoms with E-state index in [2.05, 4.69) is 69.8 Å². The Kier molecular flexibility index (Phi) is 14.6. The number of carboxylic acids is 1. The van der Waals surface area contributed by atoms with E-state index in [1.165, 1.54) is 45.0 Å². The summed E-state index contributed by atoms with van der Waals surface area (Å²) in [6, 6.07) is 19.6. The van der Waals surface area contributed by atoms with Gasteiger partial charge in [-0.3, -0.25) is 28.8 Å². The molecule has 54 heavy (non-hydrogen) atoms. The smallest absolute Gasteiger partial charge is 0.314 e. The lowest BCUT2D eigenvalue weighted by atomic mass is 9.81. The van der Waals surface area contributed by atoms with Gasteiger partial charge in [0.25, 0.3) is 0 Å². The number of amides is 2. The van der Waals surface area contributed by atoms with Crippen molar-refractivity contribution < 1.29 is 49.8 Å². The molecule has 3 N–H and O–H groups in total. The first kappa shape index (κ1) is 38.6. The van der Waals surface area contributed by atoms with Crippen LogP contribution in [0.15, 0.2) is 54.6 Å². The first-order chi connectivity index (χ1) is 27.0. The Morgan fingerprint density at radius 1 is 0.870 bits per heavy atom. The van der Waals surface area contributed by atoms with Gasteiger partial charge in [-0.2, -0.15) is 0 Å². The normalized spacial score (nSPS) is 15.4. The number of aliphatic hydroxyl groups excluding tert-OH is 1. The number of cyclic esters (lactones) is 2. The number of esters is 3. The number of nitrogens with one attached hydrogen (secondary N) is 1. The molecule has 0 bridgehead atoms. The number of aliphatic carboxylic acids is 1. The van der Waals surface area contributed by atoms with Crippen LogP contribution in [0.1, 0.15) is 90.9 Å². The van der Waals surface area contributed by atoms with E-state index in [1.54, 1.807) is 0 Å². The maximum absolute atomic E-state index is 12.7. The number of unbranched alkanes of at least 4 members (excludes halogenated alkanes) is 2. The van der Waals surface area contributed by atoms with Gasteiger partial charge in [-0.15, -0.1) is 0 Å². The van der Waals surface area contributed by atoms with Gasteiger partial charge in [-0.25, -0.2) is 0 Å². The van der Waals surface area contributed by atoms with E-state index < -0.39 is 29.3 Å². The van der Waals surface area contributed by atoms with Crippen molar-refractivity contribution in [1.82, 2.24) is 10.2 Å². The summed E-state index contributed by atoms with van der Waals surface area (Å²) in [5, 5.41) is 22.9. The second-order valence-electron chi connectivity index (χ2n) is 13.9. The SMILES string of the molecule is O=C1CCC(=O)O1.[2H]CC1(COC(=O)CCC(=O)O)CCN(C(=O)CCCCCNC(=O)CCCc2ccc3ccc4cccc5ccc2c3c45)CC1.[3H]OC. The third-order valence-corrected chi connectivity index (χ3v) is 9.88. The van der Waals surface area contributed by atoms with E-state index in [0.29, 0.717) is 45.3 Å². The molecule has 2 fully saturated rings. The number of carbonyl (C=O) groups is 6. The van der Waals surface area contributed by atoms with Crippen LogP contribution in [-0.2, 0) is 44.7 Å². The van der Waals surface area contributed by atoms with Gasteiger partial charge in [-0.1, -0.05) is 67.9 Å². The number of hydrogen-bond acceptors (Lipinski definition) is 9. The summed E-state index contributed by atoms with van der Waals surface area (Å²) >= 11 is 0. The Hall–Kier alpha value is -5.10. The molecule has 2 amide bonds. The zero-order valence-corrected chi connectivity index (χ0v) is 31.0. The Labute approximate surface area is 318 Å². The monoisotopic (exact) mass is 747 g/mol. The summed E-state index contributed by atoms with van der Waals surface area (Å²) < 4.78 is 23.0.